The lowest BCUT2D eigenvalue weighted by Gasteiger charge is -2.20. The minimum absolute atomic E-state index is 0.0792. The van der Waals surface area contributed by atoms with Crippen molar-refractivity contribution in [3.05, 3.63) is 60.4 Å². The van der Waals surface area contributed by atoms with Crippen molar-refractivity contribution in [2.24, 2.45) is 0 Å². The van der Waals surface area contributed by atoms with Gasteiger partial charge in [-0.15, -0.1) is 0 Å². The van der Waals surface area contributed by atoms with Crippen LogP contribution in [0.1, 0.15) is 39.5 Å². The van der Waals surface area contributed by atoms with Crippen molar-refractivity contribution in [2.45, 2.75) is 44.2 Å². The van der Waals surface area contributed by atoms with Gasteiger partial charge in [0.1, 0.15) is 11.3 Å². The third kappa shape index (κ3) is 5.36. The lowest BCUT2D eigenvalue weighted by molar-refractivity contribution is 0.248. The van der Waals surface area contributed by atoms with Crippen LogP contribution in [0.25, 0.3) is 11.0 Å². The molecule has 8 heteroatoms. The highest BCUT2D eigenvalue weighted by atomic mass is 32.2. The van der Waals surface area contributed by atoms with E-state index < -0.39 is 21.6 Å². The van der Waals surface area contributed by atoms with Gasteiger partial charge in [-0.2, -0.15) is 0 Å². The van der Waals surface area contributed by atoms with Crippen molar-refractivity contribution in [1.82, 2.24) is 10.0 Å². The maximum atomic E-state index is 12.5. The number of nitrogens with one attached hydrogen (secondary N) is 3. The van der Waals surface area contributed by atoms with Gasteiger partial charge in [-0.05, 0) is 58.0 Å². The molecule has 3 rings (SSSR count). The molecule has 1 atom stereocenters. The number of rotatable bonds is 5. The molecule has 0 aliphatic heterocycles. The maximum Gasteiger partial charge on any atom is 0.319 e. The van der Waals surface area contributed by atoms with E-state index in [2.05, 4.69) is 15.4 Å². The molecule has 29 heavy (non-hydrogen) atoms. The van der Waals surface area contributed by atoms with Crippen molar-refractivity contribution in [2.75, 3.05) is 5.32 Å². The van der Waals surface area contributed by atoms with E-state index in [1.165, 1.54) is 12.1 Å². The van der Waals surface area contributed by atoms with E-state index in [0.29, 0.717) is 11.4 Å². The average Bonchev–Trinajstić information content (AvgIpc) is 3.04. The Balaban J connectivity index is 1.69. The number of benzene rings is 2. The van der Waals surface area contributed by atoms with Gasteiger partial charge in [0.05, 0.1) is 10.9 Å². The van der Waals surface area contributed by atoms with Gasteiger partial charge in [0.25, 0.3) is 0 Å². The van der Waals surface area contributed by atoms with E-state index in [1.807, 2.05) is 37.3 Å². The van der Waals surface area contributed by atoms with Gasteiger partial charge in [-0.25, -0.2) is 17.9 Å². The first kappa shape index (κ1) is 20.9. The average molecular weight is 416 g/mol. The highest BCUT2D eigenvalue weighted by Gasteiger charge is 2.22. The third-order valence-corrected chi connectivity index (χ3v) is 5.82. The number of amides is 2. The normalized spacial score (nSPS) is 13.2. The molecule has 7 nitrogen and oxygen atoms in total. The first-order valence-electron chi connectivity index (χ1n) is 9.23. The van der Waals surface area contributed by atoms with Crippen LogP contribution in [0.4, 0.5) is 10.5 Å². The van der Waals surface area contributed by atoms with Crippen molar-refractivity contribution in [1.29, 1.82) is 0 Å². The first-order chi connectivity index (χ1) is 13.5. The quantitative estimate of drug-likeness (QED) is 0.575. The number of furan rings is 1. The minimum atomic E-state index is -3.69. The molecule has 0 aliphatic rings. The fraction of sp³-hybridized carbons (Fsp3) is 0.286. The van der Waals surface area contributed by atoms with Crippen LogP contribution in [-0.4, -0.2) is 20.0 Å². The number of hydrogen-bond donors (Lipinski definition) is 3. The van der Waals surface area contributed by atoms with Crippen LogP contribution < -0.4 is 15.4 Å². The van der Waals surface area contributed by atoms with Gasteiger partial charge in [0, 0.05) is 16.6 Å². The summed E-state index contributed by atoms with van der Waals surface area (Å²) in [6, 6.07) is 14.8. The van der Waals surface area contributed by atoms with Crippen molar-refractivity contribution in [3.8, 4) is 0 Å². The number of carbonyl (C=O) groups excluding carboxylic acids is 1. The lowest BCUT2D eigenvalue weighted by Crippen LogP contribution is -2.40. The number of anilines is 1. The Hall–Kier alpha value is -2.84. The summed E-state index contributed by atoms with van der Waals surface area (Å²) in [5.41, 5.74) is 0.513. The Morgan fingerprint density at radius 1 is 1.03 bits per heavy atom. The Bertz CT molecular complexity index is 1100. The van der Waals surface area contributed by atoms with Crippen LogP contribution in [-0.2, 0) is 10.0 Å². The molecule has 3 aromatic rings. The maximum absolute atomic E-state index is 12.5. The number of para-hydroxylation sites is 1. The number of carbonyl (C=O) groups is 1. The molecule has 0 bridgehead atoms. The monoisotopic (exact) mass is 415 g/mol. The zero-order chi connectivity index (χ0) is 21.2. The van der Waals surface area contributed by atoms with Crippen LogP contribution in [0.5, 0.6) is 0 Å². The fourth-order valence-corrected chi connectivity index (χ4v) is 4.32. The van der Waals surface area contributed by atoms with E-state index in [9.17, 15) is 13.2 Å². The van der Waals surface area contributed by atoms with E-state index in [-0.39, 0.29) is 10.9 Å². The Morgan fingerprint density at radius 3 is 2.45 bits per heavy atom. The van der Waals surface area contributed by atoms with E-state index in [0.717, 1.165) is 11.0 Å². The molecule has 1 aromatic heterocycles. The molecule has 0 unspecified atom stereocenters. The number of fused-ring (bicyclic) bond motifs is 1. The van der Waals surface area contributed by atoms with Gasteiger partial charge in [-0.1, -0.05) is 24.3 Å². The Kier molecular flexibility index (Phi) is 5.68. The summed E-state index contributed by atoms with van der Waals surface area (Å²) >= 11 is 0. The molecular formula is C21H25N3O4S. The van der Waals surface area contributed by atoms with Crippen LogP contribution in [0.3, 0.4) is 0 Å². The van der Waals surface area contributed by atoms with Crippen molar-refractivity contribution >= 4 is 32.7 Å². The molecule has 1 heterocycles. The van der Waals surface area contributed by atoms with Gasteiger partial charge in [0.2, 0.25) is 10.0 Å². The minimum Gasteiger partial charge on any atom is -0.459 e. The van der Waals surface area contributed by atoms with Crippen LogP contribution in [0.15, 0.2) is 63.9 Å². The van der Waals surface area contributed by atoms with Crippen LogP contribution >= 0.6 is 0 Å². The third-order valence-electron chi connectivity index (χ3n) is 4.06. The second-order valence-corrected chi connectivity index (χ2v) is 9.57. The molecule has 0 aliphatic carbocycles. The summed E-state index contributed by atoms with van der Waals surface area (Å²) in [6.07, 6.45) is 0. The fourth-order valence-electron chi connectivity index (χ4n) is 2.85. The second-order valence-electron chi connectivity index (χ2n) is 7.89. The highest BCUT2D eigenvalue weighted by molar-refractivity contribution is 7.89. The molecule has 0 saturated heterocycles. The predicted octanol–water partition coefficient (Wildman–Crippen LogP) is 4.39. The largest absolute Gasteiger partial charge is 0.459 e. The summed E-state index contributed by atoms with van der Waals surface area (Å²) in [4.78, 5) is 12.5. The van der Waals surface area contributed by atoms with Crippen molar-refractivity contribution in [3.63, 3.8) is 0 Å². The molecule has 0 spiro atoms. The molecule has 0 fully saturated rings. The summed E-state index contributed by atoms with van der Waals surface area (Å²) in [6.45, 7) is 7.10. The Labute approximate surface area is 170 Å². The molecule has 2 aromatic carbocycles. The summed E-state index contributed by atoms with van der Waals surface area (Å²) < 4.78 is 33.3. The zero-order valence-corrected chi connectivity index (χ0v) is 17.6. The van der Waals surface area contributed by atoms with Crippen LogP contribution in [0, 0.1) is 0 Å². The van der Waals surface area contributed by atoms with Gasteiger partial charge >= 0.3 is 6.03 Å². The molecule has 0 saturated carbocycles. The summed E-state index contributed by atoms with van der Waals surface area (Å²) in [5, 5.41) is 6.42. The van der Waals surface area contributed by atoms with E-state index in [1.54, 1.807) is 32.9 Å². The van der Waals surface area contributed by atoms with Crippen molar-refractivity contribution < 1.29 is 17.6 Å². The smallest absolute Gasteiger partial charge is 0.319 e. The van der Waals surface area contributed by atoms with Gasteiger partial charge < -0.3 is 15.1 Å². The van der Waals surface area contributed by atoms with Gasteiger partial charge in [0.15, 0.2) is 0 Å². The molecule has 0 radical (unpaired) electrons. The molecule has 2 amide bonds. The van der Waals surface area contributed by atoms with Crippen LogP contribution in [0.2, 0.25) is 0 Å². The zero-order valence-electron chi connectivity index (χ0n) is 16.8. The topological polar surface area (TPSA) is 100 Å². The van der Waals surface area contributed by atoms with E-state index >= 15 is 0 Å². The first-order valence-corrected chi connectivity index (χ1v) is 10.7. The standard InChI is InChI=1S/C21H25N3O4S/c1-14(19-12-15-8-5-6-11-18(15)28-19)22-20(25)23-16-9-7-10-17(13-16)29(26,27)24-21(2,3)4/h5-14,24H,1-4H3,(H2,22,23,25)/t14-/m0/s1. The molecular weight excluding hydrogens is 390 g/mol. The van der Waals surface area contributed by atoms with Gasteiger partial charge in [-0.3, -0.25) is 0 Å². The SMILES string of the molecule is C[C@H](NC(=O)Nc1cccc(S(=O)(=O)NC(C)(C)C)c1)c1cc2ccccc2o1. The highest BCUT2D eigenvalue weighted by Crippen LogP contribution is 2.24. The number of sulfonamides is 1. The summed E-state index contributed by atoms with van der Waals surface area (Å²) in [5.74, 6) is 0.632. The molecule has 3 N–H and O–H groups in total. The number of hydrogen-bond acceptors (Lipinski definition) is 4. The molecule has 154 valence electrons. The predicted molar refractivity (Wildman–Crippen MR) is 113 cm³/mol. The number of urea groups is 1. The second kappa shape index (κ2) is 7.88. The summed E-state index contributed by atoms with van der Waals surface area (Å²) in [7, 11) is -3.69. The lowest BCUT2D eigenvalue weighted by atomic mass is 10.1. The van der Waals surface area contributed by atoms with E-state index in [4.69, 9.17) is 4.42 Å². The Morgan fingerprint density at radius 2 is 1.76 bits per heavy atom.